The normalized spacial score (nSPS) is 17.1. The van der Waals surface area contributed by atoms with Crippen molar-refractivity contribution >= 4 is 0 Å². The second-order valence-corrected chi connectivity index (χ2v) is 7.04. The molecule has 1 saturated heterocycles. The largest absolute Gasteiger partial charge is 0.493 e. The van der Waals surface area contributed by atoms with Gasteiger partial charge in [0.2, 0.25) is 0 Å². The Morgan fingerprint density at radius 1 is 1.35 bits per heavy atom. The zero-order valence-corrected chi connectivity index (χ0v) is 15.9. The molecule has 146 valence electrons. The van der Waals surface area contributed by atoms with E-state index in [-0.39, 0.29) is 12.7 Å². The highest BCUT2D eigenvalue weighted by atomic mass is 16.5. The average molecular weight is 364 g/mol. The maximum Gasteiger partial charge on any atom is 0.161 e. The zero-order valence-electron chi connectivity index (χ0n) is 15.9. The lowest BCUT2D eigenvalue weighted by Gasteiger charge is -2.30. The molecule has 1 unspecified atom stereocenters. The third-order valence-corrected chi connectivity index (χ3v) is 4.44. The fourth-order valence-electron chi connectivity index (χ4n) is 3.00. The third kappa shape index (κ3) is 6.96. The lowest BCUT2D eigenvalue weighted by Crippen LogP contribution is -2.41. The number of benzene rings is 1. The highest BCUT2D eigenvalue weighted by Crippen LogP contribution is 2.28. The zero-order chi connectivity index (χ0) is 18.9. The van der Waals surface area contributed by atoms with E-state index >= 15 is 0 Å². The summed E-state index contributed by atoms with van der Waals surface area (Å²) in [5.74, 6) is 1.29. The van der Waals surface area contributed by atoms with Gasteiger partial charge < -0.3 is 29.9 Å². The number of aliphatic hydroxyl groups is 2. The highest BCUT2D eigenvalue weighted by molar-refractivity contribution is 5.43. The van der Waals surface area contributed by atoms with Gasteiger partial charge in [-0.3, -0.25) is 0 Å². The van der Waals surface area contributed by atoms with Gasteiger partial charge in [0, 0.05) is 32.7 Å². The van der Waals surface area contributed by atoms with Crippen molar-refractivity contribution in [3.05, 3.63) is 35.9 Å². The first-order valence-electron chi connectivity index (χ1n) is 9.21. The van der Waals surface area contributed by atoms with E-state index in [4.69, 9.17) is 9.47 Å². The Morgan fingerprint density at radius 2 is 2.08 bits per heavy atom. The van der Waals surface area contributed by atoms with Gasteiger partial charge in [0.25, 0.3) is 0 Å². The molecule has 1 fully saturated rings. The maximum absolute atomic E-state index is 10.2. The standard InChI is InChI=1S/C20H32N2O4/c1-15(2)11-21-12-16-4-5-19(20(10-16)25-3)26-14-18(24)13-22-8-6-17(23)7-9-22/h4-5,10,17-18,21,23-24H,1,6-9,11-14H2,2-3H3. The molecular weight excluding hydrogens is 332 g/mol. The summed E-state index contributed by atoms with van der Waals surface area (Å²) < 4.78 is 11.2. The highest BCUT2D eigenvalue weighted by Gasteiger charge is 2.19. The predicted molar refractivity (Wildman–Crippen MR) is 103 cm³/mol. The first-order valence-corrected chi connectivity index (χ1v) is 9.21. The van der Waals surface area contributed by atoms with E-state index in [0.29, 0.717) is 18.0 Å². The van der Waals surface area contributed by atoms with Gasteiger partial charge in [-0.1, -0.05) is 18.2 Å². The van der Waals surface area contributed by atoms with Crippen LogP contribution >= 0.6 is 0 Å². The van der Waals surface area contributed by atoms with Crippen LogP contribution in [0.2, 0.25) is 0 Å². The smallest absolute Gasteiger partial charge is 0.161 e. The molecule has 0 aliphatic carbocycles. The van der Waals surface area contributed by atoms with E-state index in [9.17, 15) is 10.2 Å². The second-order valence-electron chi connectivity index (χ2n) is 7.04. The topological polar surface area (TPSA) is 74.2 Å². The molecule has 2 rings (SSSR count). The molecule has 0 aromatic heterocycles. The number of β-amino-alcohol motifs (C(OH)–C–C–N with tert-alkyl or cyclic N) is 1. The molecule has 6 heteroatoms. The van der Waals surface area contributed by atoms with Gasteiger partial charge in [0.1, 0.15) is 12.7 Å². The number of rotatable bonds is 10. The molecule has 1 aliphatic heterocycles. The summed E-state index contributed by atoms with van der Waals surface area (Å²) in [5.41, 5.74) is 2.19. The monoisotopic (exact) mass is 364 g/mol. The van der Waals surface area contributed by atoms with Crippen LogP contribution in [0.3, 0.4) is 0 Å². The molecule has 0 saturated carbocycles. The Balaban J connectivity index is 1.81. The number of aliphatic hydroxyl groups excluding tert-OH is 2. The van der Waals surface area contributed by atoms with E-state index in [0.717, 1.165) is 50.2 Å². The Morgan fingerprint density at radius 3 is 2.73 bits per heavy atom. The molecule has 0 bridgehead atoms. The number of piperidine rings is 1. The van der Waals surface area contributed by atoms with Crippen LogP contribution in [0.15, 0.2) is 30.4 Å². The molecule has 1 aliphatic rings. The van der Waals surface area contributed by atoms with Gasteiger partial charge in [-0.05, 0) is 37.5 Å². The Bertz CT molecular complexity index is 571. The average Bonchev–Trinajstić information content (AvgIpc) is 2.62. The SMILES string of the molecule is C=C(C)CNCc1ccc(OCC(O)CN2CCC(O)CC2)c(OC)c1. The van der Waals surface area contributed by atoms with Crippen molar-refractivity contribution in [1.82, 2.24) is 10.2 Å². The first-order chi connectivity index (χ1) is 12.5. The number of ether oxygens (including phenoxy) is 2. The first kappa shape index (κ1) is 20.7. The number of nitrogens with one attached hydrogen (secondary N) is 1. The Kier molecular flexibility index (Phi) is 8.38. The fraction of sp³-hybridized carbons (Fsp3) is 0.600. The van der Waals surface area contributed by atoms with Crippen molar-refractivity contribution in [3.8, 4) is 11.5 Å². The van der Waals surface area contributed by atoms with Crippen LogP contribution in [0.25, 0.3) is 0 Å². The molecule has 0 spiro atoms. The van der Waals surface area contributed by atoms with E-state index in [1.54, 1.807) is 7.11 Å². The van der Waals surface area contributed by atoms with Crippen molar-refractivity contribution in [2.45, 2.75) is 38.5 Å². The van der Waals surface area contributed by atoms with E-state index < -0.39 is 6.10 Å². The third-order valence-electron chi connectivity index (χ3n) is 4.44. The molecule has 0 radical (unpaired) electrons. The molecule has 1 aromatic carbocycles. The van der Waals surface area contributed by atoms with Crippen molar-refractivity contribution in [2.24, 2.45) is 0 Å². The van der Waals surface area contributed by atoms with E-state index in [1.165, 1.54) is 0 Å². The number of likely N-dealkylation sites (tertiary alicyclic amines) is 1. The van der Waals surface area contributed by atoms with Crippen LogP contribution in [0.5, 0.6) is 11.5 Å². The summed E-state index contributed by atoms with van der Waals surface area (Å²) >= 11 is 0. The van der Waals surface area contributed by atoms with Gasteiger partial charge >= 0.3 is 0 Å². The van der Waals surface area contributed by atoms with Crippen LogP contribution in [0, 0.1) is 0 Å². The van der Waals surface area contributed by atoms with Gasteiger partial charge in [0.05, 0.1) is 13.2 Å². The fourth-order valence-corrected chi connectivity index (χ4v) is 3.00. The maximum atomic E-state index is 10.2. The van der Waals surface area contributed by atoms with Crippen molar-refractivity contribution in [3.63, 3.8) is 0 Å². The predicted octanol–water partition coefficient (Wildman–Crippen LogP) is 1.56. The quantitative estimate of drug-likeness (QED) is 0.547. The van der Waals surface area contributed by atoms with E-state index in [1.807, 2.05) is 25.1 Å². The minimum atomic E-state index is -0.577. The summed E-state index contributed by atoms with van der Waals surface area (Å²) in [6.07, 6.45) is 0.754. The van der Waals surface area contributed by atoms with Gasteiger partial charge in [-0.15, -0.1) is 0 Å². The summed E-state index contributed by atoms with van der Waals surface area (Å²) in [6, 6.07) is 5.81. The molecule has 0 amide bonds. The summed E-state index contributed by atoms with van der Waals surface area (Å²) in [6.45, 7) is 9.76. The van der Waals surface area contributed by atoms with Crippen molar-refractivity contribution in [2.75, 3.05) is 39.9 Å². The summed E-state index contributed by atoms with van der Waals surface area (Å²) in [4.78, 5) is 2.16. The van der Waals surface area contributed by atoms with Gasteiger partial charge in [-0.2, -0.15) is 0 Å². The van der Waals surface area contributed by atoms with Crippen LogP contribution in [-0.2, 0) is 6.54 Å². The number of methoxy groups -OCH3 is 1. The molecule has 1 heterocycles. The van der Waals surface area contributed by atoms with Gasteiger partial charge in [0.15, 0.2) is 11.5 Å². The number of hydrogen-bond acceptors (Lipinski definition) is 6. The van der Waals surface area contributed by atoms with Crippen LogP contribution in [0.4, 0.5) is 0 Å². The Labute approximate surface area is 156 Å². The lowest BCUT2D eigenvalue weighted by atomic mass is 10.1. The molecule has 26 heavy (non-hydrogen) atoms. The molecule has 1 aromatic rings. The minimum absolute atomic E-state index is 0.202. The van der Waals surface area contributed by atoms with Crippen molar-refractivity contribution in [1.29, 1.82) is 0 Å². The minimum Gasteiger partial charge on any atom is -0.493 e. The molecule has 3 N–H and O–H groups in total. The van der Waals surface area contributed by atoms with Crippen LogP contribution in [0.1, 0.15) is 25.3 Å². The van der Waals surface area contributed by atoms with Gasteiger partial charge in [-0.25, -0.2) is 0 Å². The Hall–Kier alpha value is -1.60. The lowest BCUT2D eigenvalue weighted by molar-refractivity contribution is 0.0333. The molecular formula is C20H32N2O4. The molecule has 1 atom stereocenters. The summed E-state index contributed by atoms with van der Waals surface area (Å²) in [7, 11) is 1.61. The molecule has 6 nitrogen and oxygen atoms in total. The second kappa shape index (κ2) is 10.5. The number of hydrogen-bond donors (Lipinski definition) is 3. The van der Waals surface area contributed by atoms with Crippen LogP contribution < -0.4 is 14.8 Å². The van der Waals surface area contributed by atoms with E-state index in [2.05, 4.69) is 16.8 Å². The summed E-state index contributed by atoms with van der Waals surface area (Å²) in [5, 5.41) is 23.1. The van der Waals surface area contributed by atoms with Crippen LogP contribution in [-0.4, -0.2) is 67.2 Å². The van der Waals surface area contributed by atoms with Crippen molar-refractivity contribution < 1.29 is 19.7 Å². The number of nitrogens with zero attached hydrogens (tertiary/aromatic N) is 1.